The minimum Gasteiger partial charge on any atom is -0.463 e. The van der Waals surface area contributed by atoms with Crippen LogP contribution in [0.25, 0.3) is 0 Å². The Kier molecular flexibility index (Phi) is 8.91. The first-order valence-electron chi connectivity index (χ1n) is 9.83. The summed E-state index contributed by atoms with van der Waals surface area (Å²) in [5.41, 5.74) is 1.17. The Bertz CT molecular complexity index is 935. The average molecular weight is 523 g/mol. The van der Waals surface area contributed by atoms with Crippen molar-refractivity contribution in [3.8, 4) is 0 Å². The van der Waals surface area contributed by atoms with Crippen molar-refractivity contribution >= 4 is 29.9 Å². The highest BCUT2D eigenvalue weighted by molar-refractivity contribution is 14.0. The summed E-state index contributed by atoms with van der Waals surface area (Å²) in [5, 5.41) is 21.5. The van der Waals surface area contributed by atoms with Crippen molar-refractivity contribution in [2.24, 2.45) is 4.99 Å². The number of guanidine groups is 1. The van der Waals surface area contributed by atoms with Gasteiger partial charge in [-0.25, -0.2) is 4.99 Å². The number of halogens is 1. The zero-order valence-corrected chi connectivity index (χ0v) is 20.0. The predicted octanol–water partition coefficient (Wildman–Crippen LogP) is 3.41. The molecule has 2 heterocycles. The molecule has 0 bridgehead atoms. The summed E-state index contributed by atoms with van der Waals surface area (Å²) in [6.07, 6.45) is 3.73. The van der Waals surface area contributed by atoms with Gasteiger partial charge in [0, 0.05) is 18.9 Å². The SMILES string of the molecule is CCNC(=NCc1ccccc1Cn1cccn1)NCC(C)(O)c1ccc(C)o1.I. The molecule has 1 unspecified atom stereocenters. The molecule has 162 valence electrons. The summed E-state index contributed by atoms with van der Waals surface area (Å²) >= 11 is 0. The first-order chi connectivity index (χ1) is 14.0. The molecule has 0 amide bonds. The van der Waals surface area contributed by atoms with Crippen molar-refractivity contribution in [1.29, 1.82) is 0 Å². The Morgan fingerprint density at radius 3 is 2.57 bits per heavy atom. The average Bonchev–Trinajstić information content (AvgIpc) is 3.37. The molecule has 0 aliphatic rings. The second kappa shape index (κ2) is 11.2. The van der Waals surface area contributed by atoms with E-state index in [0.29, 0.717) is 24.8 Å². The zero-order chi connectivity index (χ0) is 20.7. The highest BCUT2D eigenvalue weighted by Crippen LogP contribution is 2.21. The minimum absolute atomic E-state index is 0. The van der Waals surface area contributed by atoms with Crippen LogP contribution in [0, 0.1) is 6.92 Å². The number of aliphatic hydroxyl groups is 1. The number of benzene rings is 1. The number of hydrogen-bond donors (Lipinski definition) is 3. The Morgan fingerprint density at radius 1 is 1.17 bits per heavy atom. The van der Waals surface area contributed by atoms with Crippen LogP contribution in [0.1, 0.15) is 36.5 Å². The molecule has 8 heteroatoms. The first kappa shape index (κ1) is 23.9. The van der Waals surface area contributed by atoms with Gasteiger partial charge in [-0.3, -0.25) is 4.68 Å². The molecular weight excluding hydrogens is 493 g/mol. The number of nitrogens with zero attached hydrogens (tertiary/aromatic N) is 3. The summed E-state index contributed by atoms with van der Waals surface area (Å²) in [6, 6.07) is 13.8. The van der Waals surface area contributed by atoms with Gasteiger partial charge in [0.1, 0.15) is 17.1 Å². The molecule has 0 saturated heterocycles. The lowest BCUT2D eigenvalue weighted by Gasteiger charge is -2.23. The lowest BCUT2D eigenvalue weighted by atomic mass is 10.0. The third-order valence-corrected chi connectivity index (χ3v) is 4.63. The van der Waals surface area contributed by atoms with E-state index in [2.05, 4.69) is 27.9 Å². The maximum absolute atomic E-state index is 10.7. The number of hydrogen-bond acceptors (Lipinski definition) is 4. The van der Waals surface area contributed by atoms with Crippen molar-refractivity contribution in [2.75, 3.05) is 13.1 Å². The quantitative estimate of drug-likeness (QED) is 0.239. The van der Waals surface area contributed by atoms with Gasteiger partial charge in [0.25, 0.3) is 0 Å². The van der Waals surface area contributed by atoms with Crippen molar-refractivity contribution in [3.63, 3.8) is 0 Å². The molecule has 3 rings (SSSR count). The van der Waals surface area contributed by atoms with Gasteiger partial charge in [-0.1, -0.05) is 24.3 Å². The third-order valence-electron chi connectivity index (χ3n) is 4.63. The molecule has 3 N–H and O–H groups in total. The number of nitrogens with one attached hydrogen (secondary N) is 2. The fourth-order valence-electron chi connectivity index (χ4n) is 3.01. The molecule has 2 aromatic heterocycles. The minimum atomic E-state index is -1.14. The van der Waals surface area contributed by atoms with E-state index >= 15 is 0 Å². The summed E-state index contributed by atoms with van der Waals surface area (Å²) < 4.78 is 7.47. The van der Waals surface area contributed by atoms with Crippen molar-refractivity contribution in [3.05, 3.63) is 77.5 Å². The van der Waals surface area contributed by atoms with Gasteiger partial charge in [-0.15, -0.1) is 24.0 Å². The fraction of sp³-hybridized carbons (Fsp3) is 0.364. The largest absolute Gasteiger partial charge is 0.463 e. The van der Waals surface area contributed by atoms with E-state index in [4.69, 9.17) is 9.41 Å². The zero-order valence-electron chi connectivity index (χ0n) is 17.6. The van der Waals surface area contributed by atoms with Crippen molar-refractivity contribution < 1.29 is 9.52 Å². The van der Waals surface area contributed by atoms with Crippen molar-refractivity contribution in [2.45, 2.75) is 39.5 Å². The lowest BCUT2D eigenvalue weighted by Crippen LogP contribution is -2.44. The molecular formula is C22H30IN5O2. The molecule has 7 nitrogen and oxygen atoms in total. The molecule has 30 heavy (non-hydrogen) atoms. The van der Waals surface area contributed by atoms with Gasteiger partial charge in [0.15, 0.2) is 5.96 Å². The smallest absolute Gasteiger partial charge is 0.191 e. The van der Waals surface area contributed by atoms with Crippen LogP contribution in [0.5, 0.6) is 0 Å². The third kappa shape index (κ3) is 6.60. The van der Waals surface area contributed by atoms with Crippen LogP contribution >= 0.6 is 24.0 Å². The normalized spacial score (nSPS) is 13.4. The molecule has 0 radical (unpaired) electrons. The van der Waals surface area contributed by atoms with Crippen LogP contribution in [-0.2, 0) is 18.7 Å². The summed E-state index contributed by atoms with van der Waals surface area (Å²) in [6.45, 7) is 7.82. The number of rotatable bonds is 8. The molecule has 0 spiro atoms. The van der Waals surface area contributed by atoms with E-state index in [1.54, 1.807) is 19.2 Å². The van der Waals surface area contributed by atoms with Gasteiger partial charge in [0.05, 0.1) is 19.6 Å². The van der Waals surface area contributed by atoms with Gasteiger partial charge < -0.3 is 20.2 Å². The molecule has 0 aliphatic carbocycles. The van der Waals surface area contributed by atoms with Crippen LogP contribution in [0.2, 0.25) is 0 Å². The van der Waals surface area contributed by atoms with Crippen LogP contribution in [0.15, 0.2) is 64.3 Å². The van der Waals surface area contributed by atoms with Gasteiger partial charge in [-0.05, 0) is 50.1 Å². The summed E-state index contributed by atoms with van der Waals surface area (Å²) in [7, 11) is 0. The van der Waals surface area contributed by atoms with Crippen LogP contribution < -0.4 is 10.6 Å². The molecule has 1 atom stereocenters. The van der Waals surface area contributed by atoms with Crippen molar-refractivity contribution in [1.82, 2.24) is 20.4 Å². The molecule has 3 aromatic rings. The molecule has 0 saturated carbocycles. The predicted molar refractivity (Wildman–Crippen MR) is 129 cm³/mol. The second-order valence-corrected chi connectivity index (χ2v) is 7.21. The highest BCUT2D eigenvalue weighted by atomic mass is 127. The molecule has 1 aromatic carbocycles. The van der Waals surface area contributed by atoms with Gasteiger partial charge in [-0.2, -0.15) is 5.10 Å². The monoisotopic (exact) mass is 523 g/mol. The maximum atomic E-state index is 10.7. The summed E-state index contributed by atoms with van der Waals surface area (Å²) in [5.74, 6) is 1.95. The number of furan rings is 1. The standard InChI is InChI=1S/C22H29N5O2.HI/c1-4-23-21(25-16-22(3,28)20-11-10-17(2)29-20)24-14-18-8-5-6-9-19(18)15-27-13-7-12-26-27;/h5-13,28H,4,14-16H2,1-3H3,(H2,23,24,25);1H. The topological polar surface area (TPSA) is 87.6 Å². The Balaban J connectivity index is 0.00000320. The van der Waals surface area contributed by atoms with E-state index in [1.807, 2.05) is 49.0 Å². The number of aromatic nitrogens is 2. The highest BCUT2D eigenvalue weighted by Gasteiger charge is 2.27. The second-order valence-electron chi connectivity index (χ2n) is 7.21. The van der Waals surface area contributed by atoms with E-state index in [1.165, 1.54) is 5.56 Å². The van der Waals surface area contributed by atoms with Gasteiger partial charge in [0.2, 0.25) is 0 Å². The Morgan fingerprint density at radius 2 is 1.93 bits per heavy atom. The lowest BCUT2D eigenvalue weighted by molar-refractivity contribution is 0.0378. The fourth-order valence-corrected chi connectivity index (χ4v) is 3.01. The first-order valence-corrected chi connectivity index (χ1v) is 9.83. The number of aryl methyl sites for hydroxylation is 1. The van der Waals surface area contributed by atoms with E-state index in [-0.39, 0.29) is 30.5 Å². The molecule has 0 aliphatic heterocycles. The Hall–Kier alpha value is -2.33. The van der Waals surface area contributed by atoms with Crippen LogP contribution in [0.3, 0.4) is 0 Å². The van der Waals surface area contributed by atoms with E-state index in [0.717, 1.165) is 17.9 Å². The molecule has 0 fully saturated rings. The van der Waals surface area contributed by atoms with E-state index < -0.39 is 5.60 Å². The van der Waals surface area contributed by atoms with E-state index in [9.17, 15) is 5.11 Å². The number of aliphatic imine (C=N–C) groups is 1. The van der Waals surface area contributed by atoms with Crippen LogP contribution in [-0.4, -0.2) is 33.9 Å². The maximum Gasteiger partial charge on any atom is 0.191 e. The van der Waals surface area contributed by atoms with Crippen LogP contribution in [0.4, 0.5) is 0 Å². The van der Waals surface area contributed by atoms with Gasteiger partial charge >= 0.3 is 0 Å². The Labute approximate surface area is 194 Å². The summed E-state index contributed by atoms with van der Waals surface area (Å²) in [4.78, 5) is 4.70.